The van der Waals surface area contributed by atoms with Gasteiger partial charge in [0.05, 0.1) is 19.8 Å². The van der Waals surface area contributed by atoms with Crippen molar-refractivity contribution in [2.75, 3.05) is 85.7 Å². The fraction of sp³-hybridized carbons (Fsp3) is 0.955. The largest absolute Gasteiger partial charge is 0.379 e. The Hall–Kier alpha value is -0.890. The third kappa shape index (κ3) is 10.1. The lowest BCUT2D eigenvalue weighted by Gasteiger charge is -2.34. The van der Waals surface area contributed by atoms with Gasteiger partial charge in [-0.2, -0.15) is 0 Å². The first kappa shape index (κ1) is 24.4. The average molecular weight is 411 g/mol. The summed E-state index contributed by atoms with van der Waals surface area (Å²) >= 11 is 0. The van der Waals surface area contributed by atoms with Gasteiger partial charge in [-0.15, -0.1) is 0 Å². The molecule has 1 atom stereocenters. The Morgan fingerprint density at radius 1 is 1.00 bits per heavy atom. The molecule has 1 unspecified atom stereocenters. The van der Waals surface area contributed by atoms with Gasteiger partial charge in [0.25, 0.3) is 0 Å². The van der Waals surface area contributed by atoms with Crippen molar-refractivity contribution < 1.29 is 4.74 Å². The number of rotatable bonds is 11. The Morgan fingerprint density at radius 3 is 2.38 bits per heavy atom. The Bertz CT molecular complexity index is 445. The Morgan fingerprint density at radius 2 is 1.72 bits per heavy atom. The number of guanidine groups is 1. The highest BCUT2D eigenvalue weighted by Gasteiger charge is 2.21. The zero-order valence-corrected chi connectivity index (χ0v) is 19.5. The van der Waals surface area contributed by atoms with Gasteiger partial charge in [-0.05, 0) is 45.7 Å². The standard InChI is InChI=1S/C22H46N6O/c1-5-23-22(24-8-6-7-9-27-12-10-26(4)11-13-27)25-19-21(18-20(2)3)28-14-16-29-17-15-28/h20-21H,5-19H2,1-4H3,(H2,23,24,25). The highest BCUT2D eigenvalue weighted by Crippen LogP contribution is 2.14. The molecule has 0 saturated carbocycles. The molecule has 2 rings (SSSR count). The summed E-state index contributed by atoms with van der Waals surface area (Å²) in [4.78, 5) is 12.5. The van der Waals surface area contributed by atoms with Gasteiger partial charge in [0.1, 0.15) is 0 Å². The zero-order chi connectivity index (χ0) is 20.9. The maximum absolute atomic E-state index is 5.54. The van der Waals surface area contributed by atoms with Gasteiger partial charge in [-0.25, -0.2) is 0 Å². The number of aliphatic imine (C=N–C) groups is 1. The van der Waals surface area contributed by atoms with Crippen LogP contribution >= 0.6 is 0 Å². The average Bonchev–Trinajstić information content (AvgIpc) is 2.72. The first-order valence-electron chi connectivity index (χ1n) is 11.8. The third-order valence-electron chi connectivity index (χ3n) is 5.90. The van der Waals surface area contributed by atoms with Gasteiger partial charge in [0.2, 0.25) is 0 Å². The molecule has 2 fully saturated rings. The van der Waals surface area contributed by atoms with Crippen LogP contribution in [0.5, 0.6) is 0 Å². The zero-order valence-electron chi connectivity index (χ0n) is 19.5. The molecule has 2 saturated heterocycles. The fourth-order valence-corrected chi connectivity index (χ4v) is 4.10. The number of unbranched alkanes of at least 4 members (excludes halogenated alkanes) is 1. The van der Waals surface area contributed by atoms with E-state index in [-0.39, 0.29) is 0 Å². The van der Waals surface area contributed by atoms with E-state index in [1.165, 1.54) is 52.0 Å². The SMILES string of the molecule is CCNC(=NCC(CC(C)C)N1CCOCC1)NCCCCN1CCN(C)CC1. The van der Waals surface area contributed by atoms with Crippen LogP contribution in [0.3, 0.4) is 0 Å². The van der Waals surface area contributed by atoms with Crippen LogP contribution in [0.4, 0.5) is 0 Å². The molecule has 2 aliphatic rings. The summed E-state index contributed by atoms with van der Waals surface area (Å²) in [7, 11) is 2.22. The number of ether oxygens (including phenoxy) is 1. The lowest BCUT2D eigenvalue weighted by Crippen LogP contribution is -2.46. The summed E-state index contributed by atoms with van der Waals surface area (Å²) in [6.45, 7) is 19.3. The van der Waals surface area contributed by atoms with Crippen LogP contribution in [0.2, 0.25) is 0 Å². The number of morpholine rings is 1. The molecule has 0 radical (unpaired) electrons. The van der Waals surface area contributed by atoms with Gasteiger partial charge in [-0.1, -0.05) is 13.8 Å². The maximum atomic E-state index is 5.54. The van der Waals surface area contributed by atoms with Crippen LogP contribution in [0.25, 0.3) is 0 Å². The van der Waals surface area contributed by atoms with E-state index in [2.05, 4.69) is 53.2 Å². The summed E-state index contributed by atoms with van der Waals surface area (Å²) in [6.07, 6.45) is 3.63. The molecule has 7 nitrogen and oxygen atoms in total. The number of likely N-dealkylation sites (N-methyl/N-ethyl adjacent to an activating group) is 1. The molecule has 0 aromatic rings. The van der Waals surface area contributed by atoms with E-state index in [1.807, 2.05) is 0 Å². The predicted octanol–water partition coefficient (Wildman–Crippen LogP) is 1.32. The molecule has 0 spiro atoms. The van der Waals surface area contributed by atoms with Crippen molar-refractivity contribution in [3.8, 4) is 0 Å². The van der Waals surface area contributed by atoms with Crippen LogP contribution in [0, 0.1) is 5.92 Å². The first-order valence-corrected chi connectivity index (χ1v) is 11.8. The number of hydrogen-bond donors (Lipinski definition) is 2. The topological polar surface area (TPSA) is 55.4 Å². The molecule has 0 bridgehead atoms. The normalized spacial score (nSPS) is 21.5. The summed E-state index contributed by atoms with van der Waals surface area (Å²) in [6, 6.07) is 0.506. The minimum atomic E-state index is 0.506. The van der Waals surface area contributed by atoms with E-state index in [0.29, 0.717) is 12.0 Å². The number of hydrogen-bond acceptors (Lipinski definition) is 5. The molecule has 0 aromatic carbocycles. The summed E-state index contributed by atoms with van der Waals surface area (Å²) in [5.41, 5.74) is 0. The molecular formula is C22H46N6O. The molecule has 2 aliphatic heterocycles. The Kier molecular flexibility index (Phi) is 11.9. The molecule has 170 valence electrons. The van der Waals surface area contributed by atoms with E-state index >= 15 is 0 Å². The molecule has 2 heterocycles. The molecule has 2 N–H and O–H groups in total. The van der Waals surface area contributed by atoms with E-state index in [9.17, 15) is 0 Å². The monoisotopic (exact) mass is 410 g/mol. The van der Waals surface area contributed by atoms with Gasteiger partial charge in [0, 0.05) is 58.4 Å². The summed E-state index contributed by atoms with van der Waals surface area (Å²) in [5, 5.41) is 6.97. The Labute approximate surface area is 179 Å². The van der Waals surface area contributed by atoms with Crippen molar-refractivity contribution in [3.63, 3.8) is 0 Å². The predicted molar refractivity (Wildman–Crippen MR) is 123 cm³/mol. The highest BCUT2D eigenvalue weighted by atomic mass is 16.5. The van der Waals surface area contributed by atoms with Gasteiger partial charge < -0.3 is 25.2 Å². The second kappa shape index (κ2) is 14.2. The van der Waals surface area contributed by atoms with Crippen LogP contribution < -0.4 is 10.6 Å². The molecule has 29 heavy (non-hydrogen) atoms. The van der Waals surface area contributed by atoms with Gasteiger partial charge >= 0.3 is 0 Å². The smallest absolute Gasteiger partial charge is 0.191 e. The van der Waals surface area contributed by atoms with Crippen molar-refractivity contribution in [1.82, 2.24) is 25.3 Å². The van der Waals surface area contributed by atoms with E-state index in [1.54, 1.807) is 0 Å². The van der Waals surface area contributed by atoms with Crippen LogP contribution in [0.1, 0.15) is 40.0 Å². The van der Waals surface area contributed by atoms with Crippen molar-refractivity contribution >= 4 is 5.96 Å². The molecule has 7 heteroatoms. The van der Waals surface area contributed by atoms with E-state index in [4.69, 9.17) is 9.73 Å². The van der Waals surface area contributed by atoms with Crippen molar-refractivity contribution in [2.45, 2.75) is 46.1 Å². The number of nitrogens with zero attached hydrogens (tertiary/aromatic N) is 4. The maximum Gasteiger partial charge on any atom is 0.191 e. The molecule has 0 amide bonds. The van der Waals surface area contributed by atoms with Crippen LogP contribution in [-0.4, -0.2) is 112 Å². The second-order valence-electron chi connectivity index (χ2n) is 8.93. The lowest BCUT2D eigenvalue weighted by molar-refractivity contribution is 0.0143. The number of nitrogens with one attached hydrogen (secondary N) is 2. The van der Waals surface area contributed by atoms with Crippen LogP contribution in [-0.2, 0) is 4.74 Å². The van der Waals surface area contributed by atoms with Gasteiger partial charge in [-0.3, -0.25) is 9.89 Å². The van der Waals surface area contributed by atoms with Crippen molar-refractivity contribution in [1.29, 1.82) is 0 Å². The first-order chi connectivity index (χ1) is 14.1. The summed E-state index contributed by atoms with van der Waals surface area (Å²) in [5.74, 6) is 1.65. The molecule has 0 aromatic heterocycles. The number of piperazine rings is 1. The van der Waals surface area contributed by atoms with E-state index < -0.39 is 0 Å². The highest BCUT2D eigenvalue weighted by molar-refractivity contribution is 5.79. The minimum Gasteiger partial charge on any atom is -0.379 e. The molecular weight excluding hydrogens is 364 g/mol. The third-order valence-corrected chi connectivity index (χ3v) is 5.90. The second-order valence-corrected chi connectivity index (χ2v) is 8.93. The van der Waals surface area contributed by atoms with Crippen molar-refractivity contribution in [2.24, 2.45) is 10.9 Å². The van der Waals surface area contributed by atoms with Gasteiger partial charge in [0.15, 0.2) is 5.96 Å². The quantitative estimate of drug-likeness (QED) is 0.304. The Balaban J connectivity index is 1.71. The van der Waals surface area contributed by atoms with Crippen LogP contribution in [0.15, 0.2) is 4.99 Å². The van der Waals surface area contributed by atoms with E-state index in [0.717, 1.165) is 51.9 Å². The van der Waals surface area contributed by atoms with Crippen molar-refractivity contribution in [3.05, 3.63) is 0 Å². The molecule has 0 aliphatic carbocycles. The minimum absolute atomic E-state index is 0.506. The lowest BCUT2D eigenvalue weighted by atomic mass is 10.0. The fourth-order valence-electron chi connectivity index (χ4n) is 4.10. The summed E-state index contributed by atoms with van der Waals surface area (Å²) < 4.78 is 5.54.